The number of fused-ring (bicyclic) bond motifs is 16. The van der Waals surface area contributed by atoms with E-state index in [9.17, 15) is 0 Å². The summed E-state index contributed by atoms with van der Waals surface area (Å²) in [5.74, 6) is 0. The van der Waals surface area contributed by atoms with Crippen LogP contribution in [0, 0.1) is 0 Å². The van der Waals surface area contributed by atoms with Crippen molar-refractivity contribution in [1.29, 1.82) is 0 Å². The molecule has 0 bridgehead atoms. The molecule has 0 saturated carbocycles. The Morgan fingerprint density at radius 1 is 0.205 bits per heavy atom. The Bertz CT molecular complexity index is 5210. The average molecular weight is 1050 g/mol. The fourth-order valence-electron chi connectivity index (χ4n) is 14.5. The fraction of sp³-hybridized carbons (Fsp3) is 0. The largest absolute Gasteiger partial charge is 0.311 e. The van der Waals surface area contributed by atoms with Crippen LogP contribution in [0.15, 0.2) is 297 Å². The summed E-state index contributed by atoms with van der Waals surface area (Å²) in [6, 6.07) is 111. The van der Waals surface area contributed by atoms with Gasteiger partial charge in [-0.05, 0) is 150 Å². The van der Waals surface area contributed by atoms with E-state index < -0.39 is 0 Å². The molecule has 4 heterocycles. The van der Waals surface area contributed by atoms with Gasteiger partial charge in [0, 0.05) is 61.4 Å². The lowest BCUT2D eigenvalue weighted by Crippen LogP contribution is -2.61. The first-order valence-electron chi connectivity index (χ1n) is 28.8. The first-order valence-corrected chi connectivity index (χ1v) is 28.8. The van der Waals surface area contributed by atoms with Crippen LogP contribution in [-0.4, -0.2) is 15.8 Å². The quantitative estimate of drug-likeness (QED) is 0.122. The zero-order valence-electron chi connectivity index (χ0n) is 45.2. The fourth-order valence-corrected chi connectivity index (χ4v) is 14.5. The Labute approximate surface area is 480 Å². The van der Waals surface area contributed by atoms with E-state index in [-0.39, 0.29) is 6.71 Å². The molecular formula is C78H49BN4. The monoisotopic (exact) mass is 1050 g/mol. The molecule has 2 aliphatic heterocycles. The number of benzene rings is 14. The maximum absolute atomic E-state index is 2.62. The minimum atomic E-state index is -0.144. The van der Waals surface area contributed by atoms with Crippen LogP contribution in [0.2, 0.25) is 0 Å². The molecule has 0 aliphatic carbocycles. The van der Waals surface area contributed by atoms with Gasteiger partial charge in [-0.25, -0.2) is 0 Å². The summed E-state index contributed by atoms with van der Waals surface area (Å²) in [4.78, 5) is 5.17. The van der Waals surface area contributed by atoms with Crippen molar-refractivity contribution < 1.29 is 0 Å². The smallest absolute Gasteiger partial charge is 0.252 e. The Balaban J connectivity index is 0.988. The van der Waals surface area contributed by atoms with Gasteiger partial charge in [-0.15, -0.1) is 0 Å². The van der Waals surface area contributed by atoms with E-state index in [0.717, 1.165) is 45.5 Å². The van der Waals surface area contributed by atoms with Crippen molar-refractivity contribution in [3.05, 3.63) is 297 Å². The summed E-state index contributed by atoms with van der Waals surface area (Å²) in [6.07, 6.45) is 0. The maximum Gasteiger partial charge on any atom is 0.252 e. The van der Waals surface area contributed by atoms with E-state index in [1.165, 1.54) is 115 Å². The van der Waals surface area contributed by atoms with Gasteiger partial charge in [0.1, 0.15) is 0 Å². The van der Waals surface area contributed by atoms with Gasteiger partial charge in [0.25, 0.3) is 6.71 Å². The number of para-hydroxylation sites is 4. The van der Waals surface area contributed by atoms with E-state index in [2.05, 4.69) is 316 Å². The van der Waals surface area contributed by atoms with Crippen molar-refractivity contribution in [3.8, 4) is 33.6 Å². The highest BCUT2D eigenvalue weighted by Gasteiger charge is 2.44. The van der Waals surface area contributed by atoms with E-state index >= 15 is 0 Å². The van der Waals surface area contributed by atoms with E-state index in [1.807, 2.05) is 0 Å². The van der Waals surface area contributed by atoms with Gasteiger partial charge in [0.2, 0.25) is 0 Å². The van der Waals surface area contributed by atoms with Crippen LogP contribution in [0.1, 0.15) is 0 Å². The zero-order valence-corrected chi connectivity index (χ0v) is 45.2. The Morgan fingerprint density at radius 2 is 0.590 bits per heavy atom. The molecule has 0 unspecified atom stereocenters. The number of hydrogen-bond donors (Lipinski definition) is 0. The summed E-state index contributed by atoms with van der Waals surface area (Å²) in [5, 5.41) is 12.4. The van der Waals surface area contributed by atoms with Gasteiger partial charge in [-0.2, -0.15) is 0 Å². The van der Waals surface area contributed by atoms with Gasteiger partial charge in [0.05, 0.1) is 27.8 Å². The van der Waals surface area contributed by atoms with Crippen LogP contribution in [0.4, 0.5) is 34.1 Å². The molecule has 0 radical (unpaired) electrons. The first kappa shape index (κ1) is 45.9. The standard InChI is InChI=1S/C78H49BN4/c1-3-19-50(20-4-1)52-35-38-54(39-36-52)80-74-44-37-53(51-21-5-2-6-22-51)45-69(74)79-68-43-41-56(81-70-31-15-11-27-63(70)64-28-12-16-32-71(64)81)47-75(68)82(55-40-42-62-60-25-8-7-23-58(60)59-24-9-10-26-61(59)67(62)46-55)77-49-57(48-76(80)78(77)79)83-72-33-17-13-29-65(72)66-30-14-18-34-73(66)83/h1-49H. The summed E-state index contributed by atoms with van der Waals surface area (Å²) < 4.78 is 4.98. The summed E-state index contributed by atoms with van der Waals surface area (Å²) in [6.45, 7) is -0.144. The van der Waals surface area contributed by atoms with E-state index in [0.29, 0.717) is 0 Å². The van der Waals surface area contributed by atoms with Gasteiger partial charge < -0.3 is 18.9 Å². The molecule has 0 fully saturated rings. The number of rotatable bonds is 6. The van der Waals surface area contributed by atoms with Gasteiger partial charge in [0.15, 0.2) is 0 Å². The zero-order chi connectivity index (χ0) is 54.3. The normalized spacial score (nSPS) is 12.7. The molecule has 0 atom stereocenters. The van der Waals surface area contributed by atoms with Crippen LogP contribution in [0.25, 0.3) is 110 Å². The average Bonchev–Trinajstić information content (AvgIpc) is 1.25. The van der Waals surface area contributed by atoms with Crippen molar-refractivity contribution in [3.63, 3.8) is 0 Å². The summed E-state index contributed by atoms with van der Waals surface area (Å²) in [7, 11) is 0. The highest BCUT2D eigenvalue weighted by molar-refractivity contribution is 7.00. The molecule has 5 heteroatoms. The first-order chi connectivity index (χ1) is 41.2. The predicted molar refractivity (Wildman–Crippen MR) is 353 cm³/mol. The van der Waals surface area contributed by atoms with E-state index in [4.69, 9.17) is 0 Å². The van der Waals surface area contributed by atoms with Crippen LogP contribution >= 0.6 is 0 Å². The number of hydrogen-bond acceptors (Lipinski definition) is 2. The number of nitrogens with zero attached hydrogens (tertiary/aromatic N) is 4. The lowest BCUT2D eigenvalue weighted by atomic mass is 9.33. The molecule has 0 spiro atoms. The minimum Gasteiger partial charge on any atom is -0.311 e. The molecule has 4 nitrogen and oxygen atoms in total. The number of anilines is 6. The highest BCUT2D eigenvalue weighted by Crippen LogP contribution is 2.49. The molecule has 0 amide bonds. The predicted octanol–water partition coefficient (Wildman–Crippen LogP) is 18.8. The second-order valence-corrected chi connectivity index (χ2v) is 22.4. The third-order valence-corrected chi connectivity index (χ3v) is 18.0. The second-order valence-electron chi connectivity index (χ2n) is 22.4. The second kappa shape index (κ2) is 17.8. The third kappa shape index (κ3) is 6.77. The molecule has 83 heavy (non-hydrogen) atoms. The van der Waals surface area contributed by atoms with Crippen LogP contribution < -0.4 is 26.2 Å². The molecule has 18 rings (SSSR count). The molecule has 14 aromatic carbocycles. The Morgan fingerprint density at radius 3 is 1.13 bits per heavy atom. The molecular weight excluding hydrogens is 1000 g/mol. The highest BCUT2D eigenvalue weighted by atomic mass is 15.2. The Kier molecular flexibility index (Phi) is 9.86. The molecule has 16 aromatic rings. The SMILES string of the molecule is c1ccc(-c2ccc(N3c4ccc(-c5ccccc5)cc4B4c5ccc(-n6c7ccccc7c7ccccc76)cc5N(c5ccc6c7ccccc7c7ccccc7c6c5)c5cc(-n6c7ccccc7c7ccccc76)cc3c54)cc2)cc1. The topological polar surface area (TPSA) is 16.3 Å². The molecule has 0 saturated heterocycles. The maximum atomic E-state index is 2.62. The molecule has 2 aliphatic rings. The molecule has 0 N–H and O–H groups in total. The van der Waals surface area contributed by atoms with Crippen molar-refractivity contribution in [2.24, 2.45) is 0 Å². The third-order valence-electron chi connectivity index (χ3n) is 18.0. The van der Waals surface area contributed by atoms with Crippen molar-refractivity contribution in [2.45, 2.75) is 0 Å². The van der Waals surface area contributed by atoms with Gasteiger partial charge >= 0.3 is 0 Å². The van der Waals surface area contributed by atoms with Gasteiger partial charge in [-0.3, -0.25) is 0 Å². The number of aromatic nitrogens is 2. The Hall–Kier alpha value is -10.9. The van der Waals surface area contributed by atoms with Crippen molar-refractivity contribution in [2.75, 3.05) is 9.80 Å². The lowest BCUT2D eigenvalue weighted by molar-refractivity contribution is 1.15. The van der Waals surface area contributed by atoms with Crippen molar-refractivity contribution in [1.82, 2.24) is 9.13 Å². The van der Waals surface area contributed by atoms with E-state index in [1.54, 1.807) is 0 Å². The lowest BCUT2D eigenvalue weighted by Gasteiger charge is -2.44. The van der Waals surface area contributed by atoms with Crippen molar-refractivity contribution >= 4 is 133 Å². The summed E-state index contributed by atoms with van der Waals surface area (Å²) >= 11 is 0. The van der Waals surface area contributed by atoms with Crippen LogP contribution in [0.3, 0.4) is 0 Å². The van der Waals surface area contributed by atoms with Gasteiger partial charge in [-0.1, -0.05) is 218 Å². The van der Waals surface area contributed by atoms with Crippen LogP contribution in [-0.2, 0) is 0 Å². The van der Waals surface area contributed by atoms with Crippen LogP contribution in [0.5, 0.6) is 0 Å². The molecule has 384 valence electrons. The minimum absolute atomic E-state index is 0.144. The summed E-state index contributed by atoms with van der Waals surface area (Å²) in [5.41, 5.74) is 22.2. The molecule has 2 aromatic heterocycles.